The second-order valence-corrected chi connectivity index (χ2v) is 8.61. The molecule has 0 spiro atoms. The van der Waals surface area contributed by atoms with Crippen LogP contribution in [0.25, 0.3) is 10.9 Å². The van der Waals surface area contributed by atoms with Gasteiger partial charge in [-0.2, -0.15) is 0 Å². The van der Waals surface area contributed by atoms with E-state index in [0.717, 1.165) is 18.2 Å². The van der Waals surface area contributed by atoms with Crippen molar-refractivity contribution in [2.45, 2.75) is 23.8 Å². The number of nitrogens with one attached hydrogen (secondary N) is 2. The molecular weight excluding hydrogens is 390 g/mol. The van der Waals surface area contributed by atoms with E-state index < -0.39 is 10.0 Å². The number of rotatable bonds is 6. The van der Waals surface area contributed by atoms with Gasteiger partial charge in [0, 0.05) is 30.3 Å². The predicted octanol–water partition coefficient (Wildman–Crippen LogP) is 2.94. The molecule has 0 aliphatic carbocycles. The zero-order valence-electron chi connectivity index (χ0n) is 15.7. The van der Waals surface area contributed by atoms with Gasteiger partial charge in [-0.15, -0.1) is 0 Å². The molecular formula is C21H21N3O4S. The summed E-state index contributed by atoms with van der Waals surface area (Å²) in [6, 6.07) is 15.1. The zero-order valence-corrected chi connectivity index (χ0v) is 16.5. The van der Waals surface area contributed by atoms with Crippen LogP contribution >= 0.6 is 0 Å². The molecule has 2 aromatic carbocycles. The molecule has 1 aliphatic heterocycles. The Kier molecular flexibility index (Phi) is 5.57. The van der Waals surface area contributed by atoms with Crippen molar-refractivity contribution < 1.29 is 17.9 Å². The molecule has 1 amide bonds. The summed E-state index contributed by atoms with van der Waals surface area (Å²) in [4.78, 5) is 17.0. The van der Waals surface area contributed by atoms with Gasteiger partial charge in [0.1, 0.15) is 0 Å². The van der Waals surface area contributed by atoms with E-state index in [4.69, 9.17) is 4.74 Å². The van der Waals surface area contributed by atoms with E-state index in [2.05, 4.69) is 15.0 Å². The quantitative estimate of drug-likeness (QED) is 0.650. The molecule has 1 atom stereocenters. The fraction of sp³-hybridized carbons (Fsp3) is 0.238. The van der Waals surface area contributed by atoms with Gasteiger partial charge >= 0.3 is 0 Å². The van der Waals surface area contributed by atoms with Gasteiger partial charge in [-0.1, -0.05) is 18.2 Å². The van der Waals surface area contributed by atoms with Crippen LogP contribution in [0.5, 0.6) is 0 Å². The Morgan fingerprint density at radius 1 is 1.10 bits per heavy atom. The molecule has 0 saturated carbocycles. The van der Waals surface area contributed by atoms with Gasteiger partial charge in [0.05, 0.1) is 22.2 Å². The minimum absolute atomic E-state index is 0.0795. The first-order valence-electron chi connectivity index (χ1n) is 9.39. The molecule has 1 fully saturated rings. The summed E-state index contributed by atoms with van der Waals surface area (Å²) in [6.07, 6.45) is 3.39. The molecule has 4 rings (SSSR count). The number of carbonyl (C=O) groups excluding carboxylic acids is 1. The highest BCUT2D eigenvalue weighted by Crippen LogP contribution is 2.21. The summed E-state index contributed by atoms with van der Waals surface area (Å²) in [6.45, 7) is 0.918. The van der Waals surface area contributed by atoms with Crippen LogP contribution in [-0.2, 0) is 14.8 Å². The Hall–Kier alpha value is -2.81. The highest BCUT2D eigenvalue weighted by atomic mass is 32.2. The van der Waals surface area contributed by atoms with E-state index in [1.165, 1.54) is 24.3 Å². The number of sulfonamides is 1. The molecule has 0 bridgehead atoms. The Balaban J connectivity index is 1.46. The normalized spacial score (nSPS) is 16.8. The van der Waals surface area contributed by atoms with Crippen LogP contribution in [0.3, 0.4) is 0 Å². The number of ether oxygens (including phenoxy) is 1. The maximum absolute atomic E-state index is 12.6. The predicted molar refractivity (Wildman–Crippen MR) is 110 cm³/mol. The van der Waals surface area contributed by atoms with Crippen molar-refractivity contribution in [3.8, 4) is 0 Å². The summed E-state index contributed by atoms with van der Waals surface area (Å²) in [5, 5.41) is 3.76. The van der Waals surface area contributed by atoms with Crippen LogP contribution in [0.15, 0.2) is 65.7 Å². The Morgan fingerprint density at radius 2 is 1.90 bits per heavy atom. The highest BCUT2D eigenvalue weighted by molar-refractivity contribution is 7.89. The number of amides is 1. The SMILES string of the molecule is O=C(Nc1cccc2cccnc12)c1ccc(S(=O)(=O)NCC2CCCO2)cc1. The lowest BCUT2D eigenvalue weighted by molar-refractivity contribution is 0.102. The van der Waals surface area contributed by atoms with E-state index in [0.29, 0.717) is 23.4 Å². The molecule has 1 saturated heterocycles. The average Bonchev–Trinajstić information content (AvgIpc) is 3.26. The molecule has 2 N–H and O–H groups in total. The first kappa shape index (κ1) is 19.5. The Bertz CT molecular complexity index is 1120. The number of pyridine rings is 1. The second-order valence-electron chi connectivity index (χ2n) is 6.85. The van der Waals surface area contributed by atoms with E-state index >= 15 is 0 Å². The number of hydrogen-bond acceptors (Lipinski definition) is 5. The first-order chi connectivity index (χ1) is 14.0. The average molecular weight is 411 g/mol. The molecule has 150 valence electrons. The fourth-order valence-corrected chi connectivity index (χ4v) is 4.34. The van der Waals surface area contributed by atoms with Gasteiger partial charge < -0.3 is 10.1 Å². The molecule has 0 radical (unpaired) electrons. The van der Waals surface area contributed by atoms with Crippen LogP contribution in [0, 0.1) is 0 Å². The van der Waals surface area contributed by atoms with Crippen molar-refractivity contribution in [1.82, 2.24) is 9.71 Å². The van der Waals surface area contributed by atoms with E-state index in [1.807, 2.05) is 24.3 Å². The Labute approximate surface area is 169 Å². The van der Waals surface area contributed by atoms with Crippen molar-refractivity contribution in [2.75, 3.05) is 18.5 Å². The smallest absolute Gasteiger partial charge is 0.255 e. The number of para-hydroxylation sites is 1. The number of benzene rings is 2. The number of anilines is 1. The standard InChI is InChI=1S/C21H21N3O4S/c25-21(24-19-7-1-4-15-5-2-12-22-20(15)19)16-8-10-18(11-9-16)29(26,27)23-14-17-6-3-13-28-17/h1-2,4-5,7-12,17,23H,3,6,13-14H2,(H,24,25). The number of fused-ring (bicyclic) bond motifs is 1. The van der Waals surface area contributed by atoms with Gasteiger partial charge in [0.15, 0.2) is 0 Å². The minimum atomic E-state index is -3.65. The van der Waals surface area contributed by atoms with Gasteiger partial charge in [0.25, 0.3) is 5.91 Å². The van der Waals surface area contributed by atoms with E-state index in [1.54, 1.807) is 12.3 Å². The van der Waals surface area contributed by atoms with Gasteiger partial charge in [-0.05, 0) is 49.2 Å². The topological polar surface area (TPSA) is 97.4 Å². The minimum Gasteiger partial charge on any atom is -0.377 e. The van der Waals surface area contributed by atoms with Gasteiger partial charge in [-0.3, -0.25) is 9.78 Å². The molecule has 3 aromatic rings. The highest BCUT2D eigenvalue weighted by Gasteiger charge is 2.20. The van der Waals surface area contributed by atoms with Crippen LogP contribution in [0.2, 0.25) is 0 Å². The van der Waals surface area contributed by atoms with Gasteiger partial charge in [-0.25, -0.2) is 13.1 Å². The van der Waals surface area contributed by atoms with Crippen molar-refractivity contribution in [1.29, 1.82) is 0 Å². The van der Waals surface area contributed by atoms with Crippen molar-refractivity contribution in [3.63, 3.8) is 0 Å². The first-order valence-corrected chi connectivity index (χ1v) is 10.9. The van der Waals surface area contributed by atoms with Crippen LogP contribution in [0.1, 0.15) is 23.2 Å². The van der Waals surface area contributed by atoms with Crippen molar-refractivity contribution >= 4 is 32.5 Å². The molecule has 29 heavy (non-hydrogen) atoms. The lowest BCUT2D eigenvalue weighted by atomic mass is 10.1. The van der Waals surface area contributed by atoms with Crippen LogP contribution in [0.4, 0.5) is 5.69 Å². The molecule has 7 nitrogen and oxygen atoms in total. The van der Waals surface area contributed by atoms with Crippen molar-refractivity contribution in [2.24, 2.45) is 0 Å². The largest absolute Gasteiger partial charge is 0.377 e. The number of aromatic nitrogens is 1. The maximum Gasteiger partial charge on any atom is 0.255 e. The molecule has 1 aromatic heterocycles. The van der Waals surface area contributed by atoms with E-state index in [-0.39, 0.29) is 23.5 Å². The monoisotopic (exact) mass is 411 g/mol. The summed E-state index contributed by atoms with van der Waals surface area (Å²) in [7, 11) is -3.65. The number of nitrogens with zero attached hydrogens (tertiary/aromatic N) is 1. The van der Waals surface area contributed by atoms with Gasteiger partial charge in [0.2, 0.25) is 10.0 Å². The lowest BCUT2D eigenvalue weighted by Crippen LogP contribution is -2.31. The molecule has 1 aliphatic rings. The molecule has 8 heteroatoms. The summed E-state index contributed by atoms with van der Waals surface area (Å²) < 4.78 is 32.9. The van der Waals surface area contributed by atoms with Crippen LogP contribution in [-0.4, -0.2) is 38.6 Å². The van der Waals surface area contributed by atoms with Crippen molar-refractivity contribution in [3.05, 3.63) is 66.4 Å². The second kappa shape index (κ2) is 8.28. The molecule has 2 heterocycles. The lowest BCUT2D eigenvalue weighted by Gasteiger charge is -2.12. The third-order valence-electron chi connectivity index (χ3n) is 4.83. The Morgan fingerprint density at radius 3 is 2.66 bits per heavy atom. The van der Waals surface area contributed by atoms with E-state index in [9.17, 15) is 13.2 Å². The summed E-state index contributed by atoms with van der Waals surface area (Å²) >= 11 is 0. The third kappa shape index (κ3) is 4.45. The van der Waals surface area contributed by atoms with Crippen LogP contribution < -0.4 is 10.0 Å². The fourth-order valence-electron chi connectivity index (χ4n) is 3.28. The summed E-state index contributed by atoms with van der Waals surface area (Å²) in [5.41, 5.74) is 1.65. The number of carbonyl (C=O) groups is 1. The third-order valence-corrected chi connectivity index (χ3v) is 6.27. The number of hydrogen-bond donors (Lipinski definition) is 2. The zero-order chi connectivity index (χ0) is 20.3. The summed E-state index contributed by atoms with van der Waals surface area (Å²) in [5.74, 6) is -0.334. The maximum atomic E-state index is 12.6. The molecule has 1 unspecified atom stereocenters.